The van der Waals surface area contributed by atoms with Crippen LogP contribution in [-0.4, -0.2) is 59.8 Å². The third kappa shape index (κ3) is 4.62. The van der Waals surface area contributed by atoms with Crippen LogP contribution >= 0.6 is 0 Å². The lowest BCUT2D eigenvalue weighted by molar-refractivity contribution is 0.0972. The van der Waals surface area contributed by atoms with E-state index in [1.165, 1.54) is 23.1 Å². The zero-order chi connectivity index (χ0) is 26.2. The molecule has 3 aromatic rings. The van der Waals surface area contributed by atoms with Crippen LogP contribution in [0.1, 0.15) is 65.2 Å². The van der Waals surface area contributed by atoms with Gasteiger partial charge in [-0.15, -0.1) is 0 Å². The van der Waals surface area contributed by atoms with Crippen molar-refractivity contribution >= 4 is 17.5 Å². The van der Waals surface area contributed by atoms with E-state index in [9.17, 15) is 9.59 Å². The second kappa shape index (κ2) is 10.0. The fourth-order valence-corrected chi connectivity index (χ4v) is 5.46. The molecular formula is C29H35N5O3. The minimum Gasteiger partial charge on any atom is -0.497 e. The summed E-state index contributed by atoms with van der Waals surface area (Å²) in [7, 11) is 1.60. The van der Waals surface area contributed by atoms with Gasteiger partial charge in [0.15, 0.2) is 5.69 Å². The van der Waals surface area contributed by atoms with Gasteiger partial charge in [0.1, 0.15) is 11.4 Å². The smallest absolute Gasteiger partial charge is 0.277 e. The molecule has 2 amide bonds. The van der Waals surface area contributed by atoms with Crippen molar-refractivity contribution in [3.63, 3.8) is 0 Å². The van der Waals surface area contributed by atoms with Crippen LogP contribution in [0.25, 0.3) is 5.69 Å². The molecule has 0 atom stereocenters. The summed E-state index contributed by atoms with van der Waals surface area (Å²) < 4.78 is 6.78. The zero-order valence-corrected chi connectivity index (χ0v) is 21.9. The number of anilines is 1. The van der Waals surface area contributed by atoms with Crippen LogP contribution in [0.3, 0.4) is 0 Å². The number of fused-ring (bicyclic) bond motifs is 1. The van der Waals surface area contributed by atoms with Gasteiger partial charge in [-0.05, 0) is 92.7 Å². The molecule has 2 aromatic carbocycles. The first-order chi connectivity index (χ1) is 17.9. The molecule has 1 fully saturated rings. The van der Waals surface area contributed by atoms with Crippen LogP contribution in [0.4, 0.5) is 5.69 Å². The molecule has 0 bridgehead atoms. The van der Waals surface area contributed by atoms with Gasteiger partial charge in [-0.3, -0.25) is 9.59 Å². The molecule has 8 heteroatoms. The summed E-state index contributed by atoms with van der Waals surface area (Å²) >= 11 is 0. The molecule has 0 saturated heterocycles. The van der Waals surface area contributed by atoms with Gasteiger partial charge in [-0.25, -0.2) is 4.68 Å². The largest absolute Gasteiger partial charge is 0.497 e. The first-order valence-electron chi connectivity index (χ1n) is 13.1. The molecule has 1 saturated carbocycles. The molecule has 0 unspecified atom stereocenters. The van der Waals surface area contributed by atoms with Crippen molar-refractivity contribution in [1.29, 1.82) is 0 Å². The number of rotatable bonds is 10. The van der Waals surface area contributed by atoms with Crippen LogP contribution in [0, 0.1) is 0 Å². The molecule has 37 heavy (non-hydrogen) atoms. The molecule has 5 rings (SSSR count). The molecule has 2 N–H and O–H groups in total. The number of amides is 2. The van der Waals surface area contributed by atoms with Crippen LogP contribution < -0.4 is 15.4 Å². The molecule has 194 valence electrons. The maximum Gasteiger partial charge on any atom is 0.277 e. The predicted molar refractivity (Wildman–Crippen MR) is 144 cm³/mol. The topological polar surface area (TPSA) is 93.7 Å². The average Bonchev–Trinajstić information content (AvgIpc) is 3.61. The van der Waals surface area contributed by atoms with Crippen LogP contribution in [0.2, 0.25) is 0 Å². The highest BCUT2D eigenvalue weighted by Gasteiger charge is 2.44. The summed E-state index contributed by atoms with van der Waals surface area (Å²) in [6.45, 7) is 8.16. The summed E-state index contributed by atoms with van der Waals surface area (Å²) in [5, 5.41) is 4.45. The SMILES string of the molecule is CCN(CC)CCC1(c2ccc(N3CCc4c(C(N)=O)nn(-c5ccc(OC)cc5)c4C3=O)cc2)CC1. The molecule has 1 aromatic heterocycles. The first-order valence-corrected chi connectivity index (χ1v) is 13.1. The van der Waals surface area contributed by atoms with E-state index in [0.29, 0.717) is 35.7 Å². The van der Waals surface area contributed by atoms with E-state index in [-0.39, 0.29) is 17.0 Å². The van der Waals surface area contributed by atoms with Crippen molar-refractivity contribution in [1.82, 2.24) is 14.7 Å². The Hall–Kier alpha value is -3.65. The van der Waals surface area contributed by atoms with E-state index in [0.717, 1.165) is 31.7 Å². The van der Waals surface area contributed by atoms with Crippen LogP contribution in [-0.2, 0) is 11.8 Å². The summed E-state index contributed by atoms with van der Waals surface area (Å²) in [6, 6.07) is 15.7. The van der Waals surface area contributed by atoms with Gasteiger partial charge in [0.25, 0.3) is 11.8 Å². The Labute approximate surface area is 218 Å². The maximum atomic E-state index is 13.8. The van der Waals surface area contributed by atoms with Crippen LogP contribution in [0.5, 0.6) is 5.75 Å². The van der Waals surface area contributed by atoms with E-state index < -0.39 is 5.91 Å². The van der Waals surface area contributed by atoms with E-state index in [1.54, 1.807) is 24.1 Å². The maximum absolute atomic E-state index is 13.8. The Bertz CT molecular complexity index is 1290. The number of aromatic nitrogens is 2. The predicted octanol–water partition coefficient (Wildman–Crippen LogP) is 3.95. The molecular weight excluding hydrogens is 466 g/mol. The van der Waals surface area contributed by atoms with Crippen LogP contribution in [0.15, 0.2) is 48.5 Å². The lowest BCUT2D eigenvalue weighted by Crippen LogP contribution is -2.39. The van der Waals surface area contributed by atoms with Crippen molar-refractivity contribution < 1.29 is 14.3 Å². The summed E-state index contributed by atoms with van der Waals surface area (Å²) in [5.41, 5.74) is 9.90. The Balaban J connectivity index is 1.41. The third-order valence-electron chi connectivity index (χ3n) is 8.01. The molecule has 1 aliphatic heterocycles. The number of nitrogens with two attached hydrogens (primary N) is 1. The molecule has 1 aliphatic carbocycles. The number of methoxy groups -OCH3 is 1. The fourth-order valence-electron chi connectivity index (χ4n) is 5.46. The molecule has 8 nitrogen and oxygen atoms in total. The van der Waals surface area contributed by atoms with Gasteiger partial charge in [-0.2, -0.15) is 5.10 Å². The lowest BCUT2D eigenvalue weighted by atomic mass is 9.91. The first kappa shape index (κ1) is 25.0. The number of carbonyl (C=O) groups excluding carboxylic acids is 2. The van der Waals surface area contributed by atoms with E-state index >= 15 is 0 Å². The van der Waals surface area contributed by atoms with Gasteiger partial charge in [0, 0.05) is 17.8 Å². The molecule has 0 spiro atoms. The monoisotopic (exact) mass is 501 g/mol. The van der Waals surface area contributed by atoms with Gasteiger partial charge < -0.3 is 20.3 Å². The average molecular weight is 502 g/mol. The Morgan fingerprint density at radius 3 is 2.27 bits per heavy atom. The van der Waals surface area contributed by atoms with Gasteiger partial charge in [0.05, 0.1) is 12.8 Å². The summed E-state index contributed by atoms with van der Waals surface area (Å²) in [4.78, 5) is 30.2. The molecule has 2 heterocycles. The number of hydrogen-bond acceptors (Lipinski definition) is 5. The van der Waals surface area contributed by atoms with Crippen molar-refractivity contribution in [2.24, 2.45) is 5.73 Å². The minimum atomic E-state index is -0.631. The van der Waals surface area contributed by atoms with E-state index in [2.05, 4.69) is 48.1 Å². The Morgan fingerprint density at radius 2 is 1.70 bits per heavy atom. The van der Waals surface area contributed by atoms with Crippen molar-refractivity contribution in [3.8, 4) is 11.4 Å². The van der Waals surface area contributed by atoms with Crippen molar-refractivity contribution in [2.45, 2.75) is 44.9 Å². The second-order valence-electron chi connectivity index (χ2n) is 9.96. The zero-order valence-electron chi connectivity index (χ0n) is 21.9. The highest BCUT2D eigenvalue weighted by atomic mass is 16.5. The fraction of sp³-hybridized carbons (Fsp3) is 0.414. The highest BCUT2D eigenvalue weighted by Crippen LogP contribution is 2.51. The van der Waals surface area contributed by atoms with E-state index in [1.807, 2.05) is 12.1 Å². The normalized spacial score (nSPS) is 16.1. The molecule has 2 aliphatic rings. The standard InChI is InChI=1S/C29H35N5O3/c1-4-32(5-2)19-17-29(15-16-29)20-6-8-21(9-7-20)33-18-14-24-25(27(30)35)31-34(26(24)28(33)36)22-10-12-23(37-3)13-11-22/h6-13H,4-5,14-19H2,1-3H3,(H2,30,35). The number of hydrogen-bond donors (Lipinski definition) is 1. The number of ether oxygens (including phenoxy) is 1. The third-order valence-corrected chi connectivity index (χ3v) is 8.01. The summed E-state index contributed by atoms with van der Waals surface area (Å²) in [5.74, 6) is -0.125. The van der Waals surface area contributed by atoms with Gasteiger partial charge >= 0.3 is 0 Å². The lowest BCUT2D eigenvalue weighted by Gasteiger charge is -2.28. The number of benzene rings is 2. The number of nitrogens with zero attached hydrogens (tertiary/aromatic N) is 4. The minimum absolute atomic E-state index is 0.151. The second-order valence-corrected chi connectivity index (χ2v) is 9.96. The quantitative estimate of drug-likeness (QED) is 0.454. The number of carbonyl (C=O) groups is 2. The van der Waals surface area contributed by atoms with Crippen molar-refractivity contribution in [2.75, 3.05) is 38.2 Å². The Kier molecular flexibility index (Phi) is 6.77. The summed E-state index contributed by atoms with van der Waals surface area (Å²) in [6.07, 6.45) is 4.11. The highest BCUT2D eigenvalue weighted by molar-refractivity contribution is 6.09. The Morgan fingerprint density at radius 1 is 1.05 bits per heavy atom. The number of primary amides is 1. The van der Waals surface area contributed by atoms with Gasteiger partial charge in [0.2, 0.25) is 0 Å². The van der Waals surface area contributed by atoms with Gasteiger partial charge in [-0.1, -0.05) is 26.0 Å². The van der Waals surface area contributed by atoms with Crippen molar-refractivity contribution in [3.05, 3.63) is 71.0 Å². The van der Waals surface area contributed by atoms with E-state index in [4.69, 9.17) is 10.5 Å². The molecule has 0 radical (unpaired) electrons.